The van der Waals surface area contributed by atoms with E-state index in [-0.39, 0.29) is 17.0 Å². The molecule has 92 valence electrons. The molecule has 1 N–H and O–H groups in total. The molecule has 4 heteroatoms. The highest BCUT2D eigenvalue weighted by molar-refractivity contribution is 6.04. The van der Waals surface area contributed by atoms with E-state index in [1.54, 1.807) is 25.4 Å². The van der Waals surface area contributed by atoms with Crippen molar-refractivity contribution in [3.05, 3.63) is 64.1 Å². The van der Waals surface area contributed by atoms with Crippen LogP contribution in [0.2, 0.25) is 0 Å². The van der Waals surface area contributed by atoms with Crippen LogP contribution in [0.1, 0.15) is 15.9 Å². The third-order valence-electron chi connectivity index (χ3n) is 2.76. The molecule has 18 heavy (non-hydrogen) atoms. The number of benzene rings is 1. The number of para-hydroxylation sites is 1. The predicted octanol–water partition coefficient (Wildman–Crippen LogP) is 1.95. The lowest BCUT2D eigenvalue weighted by Crippen LogP contribution is -2.27. The van der Waals surface area contributed by atoms with Gasteiger partial charge in [0.1, 0.15) is 5.56 Å². The smallest absolute Gasteiger partial charge is 0.263 e. The maximum atomic E-state index is 12.0. The van der Waals surface area contributed by atoms with E-state index >= 15 is 0 Å². The van der Waals surface area contributed by atoms with Gasteiger partial charge in [0.05, 0.1) is 0 Å². The summed E-state index contributed by atoms with van der Waals surface area (Å²) in [7, 11) is 1.62. The summed E-state index contributed by atoms with van der Waals surface area (Å²) < 4.78 is 1.38. The summed E-state index contributed by atoms with van der Waals surface area (Å²) in [5.74, 6) is -0.384. The third-order valence-corrected chi connectivity index (χ3v) is 2.76. The average molecular weight is 242 g/mol. The van der Waals surface area contributed by atoms with Gasteiger partial charge in [0.25, 0.3) is 11.5 Å². The van der Waals surface area contributed by atoms with Gasteiger partial charge in [-0.1, -0.05) is 18.2 Å². The van der Waals surface area contributed by atoms with Gasteiger partial charge in [0.15, 0.2) is 0 Å². The lowest BCUT2D eigenvalue weighted by Gasteiger charge is -2.08. The first kappa shape index (κ1) is 12.1. The van der Waals surface area contributed by atoms with E-state index in [2.05, 4.69) is 5.32 Å². The van der Waals surface area contributed by atoms with Crippen molar-refractivity contribution in [2.75, 3.05) is 5.32 Å². The molecule has 1 aromatic carbocycles. The Hall–Kier alpha value is -2.36. The molecule has 0 spiro atoms. The maximum absolute atomic E-state index is 12.0. The highest BCUT2D eigenvalue weighted by atomic mass is 16.2. The van der Waals surface area contributed by atoms with Gasteiger partial charge < -0.3 is 9.88 Å². The summed E-state index contributed by atoms with van der Waals surface area (Å²) in [6.45, 7) is 1.90. The summed E-state index contributed by atoms with van der Waals surface area (Å²) in [5.41, 5.74) is 1.51. The Balaban J connectivity index is 2.31. The van der Waals surface area contributed by atoms with E-state index < -0.39 is 0 Å². The first-order valence-electron chi connectivity index (χ1n) is 5.62. The quantitative estimate of drug-likeness (QED) is 0.875. The van der Waals surface area contributed by atoms with Crippen LogP contribution in [-0.2, 0) is 7.05 Å². The predicted molar refractivity (Wildman–Crippen MR) is 70.8 cm³/mol. The van der Waals surface area contributed by atoms with Gasteiger partial charge >= 0.3 is 0 Å². The summed E-state index contributed by atoms with van der Waals surface area (Å²) in [5, 5.41) is 2.74. The first-order valence-corrected chi connectivity index (χ1v) is 5.62. The number of carbonyl (C=O) groups excluding carboxylic acids is 1. The van der Waals surface area contributed by atoms with Crippen LogP contribution in [0.25, 0.3) is 0 Å². The SMILES string of the molecule is Cc1ccccc1NC(=O)c1cccn(C)c1=O. The van der Waals surface area contributed by atoms with Gasteiger partial charge in [-0.25, -0.2) is 0 Å². The van der Waals surface area contributed by atoms with Crippen molar-refractivity contribution < 1.29 is 4.79 Å². The Labute approximate surface area is 105 Å². The Kier molecular flexibility index (Phi) is 3.28. The van der Waals surface area contributed by atoms with Gasteiger partial charge in [0, 0.05) is 18.9 Å². The van der Waals surface area contributed by atoms with Crippen LogP contribution in [0.4, 0.5) is 5.69 Å². The summed E-state index contributed by atoms with van der Waals surface area (Å²) in [6, 6.07) is 10.6. The Morgan fingerprint density at radius 3 is 2.61 bits per heavy atom. The number of aryl methyl sites for hydroxylation is 2. The van der Waals surface area contributed by atoms with Gasteiger partial charge in [-0.15, -0.1) is 0 Å². The second kappa shape index (κ2) is 4.87. The molecule has 1 aromatic heterocycles. The number of hydrogen-bond acceptors (Lipinski definition) is 2. The molecule has 1 amide bonds. The monoisotopic (exact) mass is 242 g/mol. The second-order valence-electron chi connectivity index (χ2n) is 4.11. The molecular weight excluding hydrogens is 228 g/mol. The Bertz CT molecular complexity index is 644. The van der Waals surface area contributed by atoms with Crippen LogP contribution in [0, 0.1) is 6.92 Å². The molecule has 4 nitrogen and oxygen atoms in total. The minimum Gasteiger partial charge on any atom is -0.322 e. The number of amides is 1. The number of anilines is 1. The van der Waals surface area contributed by atoms with E-state index in [4.69, 9.17) is 0 Å². The zero-order valence-corrected chi connectivity index (χ0v) is 10.3. The summed E-state index contributed by atoms with van der Waals surface area (Å²) in [4.78, 5) is 23.8. The van der Waals surface area contributed by atoms with Crippen molar-refractivity contribution in [2.24, 2.45) is 7.05 Å². The maximum Gasteiger partial charge on any atom is 0.263 e. The van der Waals surface area contributed by atoms with E-state index in [1.165, 1.54) is 10.6 Å². The topological polar surface area (TPSA) is 51.1 Å². The van der Waals surface area contributed by atoms with E-state index in [9.17, 15) is 9.59 Å². The molecule has 0 aliphatic carbocycles. The third kappa shape index (κ3) is 2.32. The number of nitrogens with one attached hydrogen (secondary N) is 1. The Morgan fingerprint density at radius 1 is 1.17 bits per heavy atom. The first-order chi connectivity index (χ1) is 8.59. The zero-order valence-electron chi connectivity index (χ0n) is 10.3. The average Bonchev–Trinajstić information content (AvgIpc) is 2.35. The fraction of sp³-hybridized carbons (Fsp3) is 0.143. The molecule has 0 radical (unpaired) electrons. The summed E-state index contributed by atoms with van der Waals surface area (Å²) >= 11 is 0. The van der Waals surface area contributed by atoms with E-state index in [1.807, 2.05) is 25.1 Å². The highest BCUT2D eigenvalue weighted by Crippen LogP contribution is 2.13. The number of nitrogens with zero attached hydrogens (tertiary/aromatic N) is 1. The molecule has 0 aliphatic heterocycles. The molecule has 0 saturated carbocycles. The lowest BCUT2D eigenvalue weighted by atomic mass is 10.2. The molecule has 0 fully saturated rings. The number of aromatic nitrogens is 1. The highest BCUT2D eigenvalue weighted by Gasteiger charge is 2.11. The Morgan fingerprint density at radius 2 is 1.89 bits per heavy atom. The van der Waals surface area contributed by atoms with Gasteiger partial charge in [-0.2, -0.15) is 0 Å². The number of carbonyl (C=O) groups is 1. The van der Waals surface area contributed by atoms with Gasteiger partial charge in [0.2, 0.25) is 0 Å². The molecule has 0 bridgehead atoms. The molecule has 2 aromatic rings. The number of rotatable bonds is 2. The summed E-state index contributed by atoms with van der Waals surface area (Å²) in [6.07, 6.45) is 1.62. The standard InChI is InChI=1S/C14H14N2O2/c1-10-6-3-4-8-12(10)15-13(17)11-7-5-9-16(2)14(11)18/h3-9H,1-2H3,(H,15,17). The lowest BCUT2D eigenvalue weighted by molar-refractivity contribution is 0.102. The molecule has 0 aliphatic rings. The van der Waals surface area contributed by atoms with Crippen molar-refractivity contribution in [3.8, 4) is 0 Å². The molecule has 0 atom stereocenters. The van der Waals surface area contributed by atoms with Crippen molar-refractivity contribution in [2.45, 2.75) is 6.92 Å². The van der Waals surface area contributed by atoms with Gasteiger partial charge in [-0.05, 0) is 30.7 Å². The molecule has 0 unspecified atom stereocenters. The second-order valence-corrected chi connectivity index (χ2v) is 4.11. The van der Waals surface area contributed by atoms with Crippen LogP contribution >= 0.6 is 0 Å². The normalized spacial score (nSPS) is 10.1. The molecule has 1 heterocycles. The molecule has 2 rings (SSSR count). The largest absolute Gasteiger partial charge is 0.322 e. The van der Waals surface area contributed by atoms with Crippen molar-refractivity contribution in [1.29, 1.82) is 0 Å². The van der Waals surface area contributed by atoms with E-state index in [0.717, 1.165) is 5.56 Å². The fourth-order valence-corrected chi connectivity index (χ4v) is 1.67. The molecular formula is C14H14N2O2. The number of pyridine rings is 1. The number of hydrogen-bond donors (Lipinski definition) is 1. The van der Waals surface area contributed by atoms with Crippen LogP contribution in [-0.4, -0.2) is 10.5 Å². The minimum atomic E-state index is -0.384. The van der Waals surface area contributed by atoms with Crippen LogP contribution in [0.15, 0.2) is 47.4 Å². The van der Waals surface area contributed by atoms with Crippen LogP contribution in [0.3, 0.4) is 0 Å². The van der Waals surface area contributed by atoms with Crippen molar-refractivity contribution in [3.63, 3.8) is 0 Å². The minimum absolute atomic E-state index is 0.142. The fourth-order valence-electron chi connectivity index (χ4n) is 1.67. The van der Waals surface area contributed by atoms with Gasteiger partial charge in [-0.3, -0.25) is 9.59 Å². The van der Waals surface area contributed by atoms with E-state index in [0.29, 0.717) is 5.69 Å². The van der Waals surface area contributed by atoms with Crippen LogP contribution in [0.5, 0.6) is 0 Å². The molecule has 0 saturated heterocycles. The van der Waals surface area contributed by atoms with Crippen molar-refractivity contribution in [1.82, 2.24) is 4.57 Å². The van der Waals surface area contributed by atoms with Crippen LogP contribution < -0.4 is 10.9 Å². The van der Waals surface area contributed by atoms with Crippen molar-refractivity contribution >= 4 is 11.6 Å². The zero-order chi connectivity index (χ0) is 13.1.